The summed E-state index contributed by atoms with van der Waals surface area (Å²) in [7, 11) is 0. The first-order valence-corrected chi connectivity index (χ1v) is 7.78. The molecule has 0 aromatic carbocycles. The summed E-state index contributed by atoms with van der Waals surface area (Å²) in [5, 5.41) is 16.2. The Balaban J connectivity index is 2.79. The summed E-state index contributed by atoms with van der Waals surface area (Å²) in [6, 6.07) is 0. The van der Waals surface area contributed by atoms with Gasteiger partial charge in [0.1, 0.15) is 17.9 Å². The summed E-state index contributed by atoms with van der Waals surface area (Å²) in [5.74, 6) is 0.694. The number of carbonyl (C=O) groups is 1. The molecular weight excluding hydrogens is 310 g/mol. The van der Waals surface area contributed by atoms with Crippen molar-refractivity contribution in [1.82, 2.24) is 15.5 Å². The molecule has 0 bridgehead atoms. The Morgan fingerprint density at radius 3 is 2.71 bits per heavy atom. The van der Waals surface area contributed by atoms with Crippen molar-refractivity contribution < 1.29 is 19.2 Å². The van der Waals surface area contributed by atoms with Crippen LogP contribution < -0.4 is 5.32 Å². The van der Waals surface area contributed by atoms with Crippen molar-refractivity contribution in [3.05, 3.63) is 41.8 Å². The average molecular weight is 335 g/mol. The summed E-state index contributed by atoms with van der Waals surface area (Å²) in [4.78, 5) is 15.8. The van der Waals surface area contributed by atoms with E-state index in [0.29, 0.717) is 17.8 Å². The summed E-state index contributed by atoms with van der Waals surface area (Å²) >= 11 is 0. The maximum atomic E-state index is 11.6. The first-order chi connectivity index (χ1) is 11.2. The molecule has 7 nitrogen and oxygen atoms in total. The summed E-state index contributed by atoms with van der Waals surface area (Å²) in [6.45, 7) is 9.17. The third kappa shape index (κ3) is 7.13. The quantitative estimate of drug-likeness (QED) is 0.604. The minimum absolute atomic E-state index is 0.0574. The van der Waals surface area contributed by atoms with Gasteiger partial charge in [-0.3, -0.25) is 0 Å². The molecular formula is C17H25N3O4. The van der Waals surface area contributed by atoms with Gasteiger partial charge in [0.2, 0.25) is 11.7 Å². The van der Waals surface area contributed by atoms with Crippen molar-refractivity contribution in [2.75, 3.05) is 0 Å². The number of aliphatic hydroxyl groups is 1. The van der Waals surface area contributed by atoms with Crippen molar-refractivity contribution in [2.24, 2.45) is 0 Å². The van der Waals surface area contributed by atoms with Gasteiger partial charge in [-0.05, 0) is 46.3 Å². The van der Waals surface area contributed by atoms with E-state index < -0.39 is 11.7 Å². The van der Waals surface area contributed by atoms with E-state index in [4.69, 9.17) is 9.26 Å². The first kappa shape index (κ1) is 19.5. The number of allylic oxidation sites excluding steroid dienone is 5. The largest absolute Gasteiger partial charge is 0.508 e. The lowest BCUT2D eigenvalue weighted by molar-refractivity contribution is 0.0518. The lowest BCUT2D eigenvalue weighted by atomic mass is 10.2. The molecule has 0 spiro atoms. The molecule has 0 saturated heterocycles. The number of hydrogen-bond acceptors (Lipinski definition) is 6. The molecule has 1 heterocycles. The molecule has 24 heavy (non-hydrogen) atoms. The van der Waals surface area contributed by atoms with Crippen LogP contribution in [0.25, 0.3) is 5.57 Å². The average Bonchev–Trinajstić information content (AvgIpc) is 2.92. The van der Waals surface area contributed by atoms with Crippen LogP contribution in [0.2, 0.25) is 0 Å². The minimum Gasteiger partial charge on any atom is -0.508 e. The molecule has 0 atom stereocenters. The fraction of sp³-hybridized carbons (Fsp3) is 0.471. The number of rotatable bonds is 6. The second-order valence-corrected chi connectivity index (χ2v) is 6.00. The fourth-order valence-electron chi connectivity index (χ4n) is 1.70. The van der Waals surface area contributed by atoms with Crippen LogP contribution in [0.5, 0.6) is 0 Å². The van der Waals surface area contributed by atoms with Crippen molar-refractivity contribution in [2.45, 2.75) is 53.2 Å². The number of hydrogen-bond donors (Lipinski definition) is 2. The zero-order valence-corrected chi connectivity index (χ0v) is 14.8. The Kier molecular flexibility index (Phi) is 7.23. The molecule has 0 aliphatic carbocycles. The number of aromatic nitrogens is 2. The zero-order valence-electron chi connectivity index (χ0n) is 14.8. The Morgan fingerprint density at radius 1 is 1.42 bits per heavy atom. The van der Waals surface area contributed by atoms with Gasteiger partial charge in [-0.2, -0.15) is 4.98 Å². The standard InChI is InChI=1S/C17H25N3O4/c1-6-8-12(10-13(21)9-7-2)15-19-14(24-20-15)11-18-16(22)23-17(3,4)5/h6,8-10,21H,7,11H2,1-5H3,(H,18,22)/b8-6-,12-10+,13-9-. The molecule has 2 N–H and O–H groups in total. The normalized spacial score (nSPS) is 13.4. The van der Waals surface area contributed by atoms with Crippen molar-refractivity contribution in [3.8, 4) is 0 Å². The van der Waals surface area contributed by atoms with Gasteiger partial charge in [0, 0.05) is 5.57 Å². The van der Waals surface area contributed by atoms with Crippen molar-refractivity contribution >= 4 is 11.7 Å². The van der Waals surface area contributed by atoms with E-state index in [9.17, 15) is 9.90 Å². The highest BCUT2D eigenvalue weighted by molar-refractivity contribution is 5.71. The predicted molar refractivity (Wildman–Crippen MR) is 91.2 cm³/mol. The Labute approximate surface area is 142 Å². The van der Waals surface area contributed by atoms with E-state index in [-0.39, 0.29) is 18.2 Å². The highest BCUT2D eigenvalue weighted by Gasteiger charge is 2.17. The molecule has 0 saturated carbocycles. The first-order valence-electron chi connectivity index (χ1n) is 7.78. The zero-order chi connectivity index (χ0) is 18.2. The molecule has 0 radical (unpaired) electrons. The molecule has 0 aliphatic rings. The lowest BCUT2D eigenvalue weighted by Crippen LogP contribution is -2.32. The number of aliphatic hydroxyl groups excluding tert-OH is 1. The number of ether oxygens (including phenoxy) is 1. The smallest absolute Gasteiger partial charge is 0.408 e. The van der Waals surface area contributed by atoms with Crippen LogP contribution in [0.3, 0.4) is 0 Å². The lowest BCUT2D eigenvalue weighted by Gasteiger charge is -2.19. The number of nitrogens with zero attached hydrogens (tertiary/aromatic N) is 2. The highest BCUT2D eigenvalue weighted by Crippen LogP contribution is 2.15. The maximum Gasteiger partial charge on any atom is 0.408 e. The molecule has 0 fully saturated rings. The second kappa shape index (κ2) is 8.90. The molecule has 1 aromatic heterocycles. The van der Waals surface area contributed by atoms with Gasteiger partial charge in [-0.25, -0.2) is 4.79 Å². The highest BCUT2D eigenvalue weighted by atomic mass is 16.6. The van der Waals surface area contributed by atoms with Crippen LogP contribution in [0.4, 0.5) is 4.79 Å². The topological polar surface area (TPSA) is 97.5 Å². The van der Waals surface area contributed by atoms with Gasteiger partial charge in [-0.15, -0.1) is 0 Å². The summed E-state index contributed by atoms with van der Waals surface area (Å²) in [5.41, 5.74) is 0.0293. The van der Waals surface area contributed by atoms with E-state index in [0.717, 1.165) is 0 Å². The van der Waals surface area contributed by atoms with Gasteiger partial charge in [0.25, 0.3) is 0 Å². The van der Waals surface area contributed by atoms with E-state index in [1.807, 2.05) is 13.8 Å². The van der Waals surface area contributed by atoms with Crippen molar-refractivity contribution in [1.29, 1.82) is 0 Å². The van der Waals surface area contributed by atoms with Gasteiger partial charge in [0.05, 0.1) is 0 Å². The fourth-order valence-corrected chi connectivity index (χ4v) is 1.70. The second-order valence-electron chi connectivity index (χ2n) is 6.00. The molecule has 7 heteroatoms. The van der Waals surface area contributed by atoms with Crippen LogP contribution >= 0.6 is 0 Å². The molecule has 1 amide bonds. The summed E-state index contributed by atoms with van der Waals surface area (Å²) < 4.78 is 10.2. The Morgan fingerprint density at radius 2 is 2.12 bits per heavy atom. The number of amides is 1. The Bertz CT molecular complexity index is 637. The predicted octanol–water partition coefficient (Wildman–Crippen LogP) is 3.91. The van der Waals surface area contributed by atoms with Crippen LogP contribution in [0.15, 0.2) is 34.6 Å². The number of carbonyl (C=O) groups excluding carboxylic acids is 1. The van der Waals surface area contributed by atoms with E-state index >= 15 is 0 Å². The minimum atomic E-state index is -0.574. The van der Waals surface area contributed by atoms with Gasteiger partial charge in [0.15, 0.2) is 0 Å². The molecule has 132 valence electrons. The molecule has 1 rings (SSSR count). The van der Waals surface area contributed by atoms with Crippen LogP contribution in [-0.4, -0.2) is 26.9 Å². The molecule has 0 unspecified atom stereocenters. The van der Waals surface area contributed by atoms with Crippen LogP contribution in [0, 0.1) is 0 Å². The van der Waals surface area contributed by atoms with Crippen LogP contribution in [0.1, 0.15) is 52.8 Å². The van der Waals surface area contributed by atoms with Crippen molar-refractivity contribution in [3.63, 3.8) is 0 Å². The molecule has 1 aromatic rings. The van der Waals surface area contributed by atoms with Gasteiger partial charge in [-0.1, -0.05) is 24.2 Å². The summed E-state index contributed by atoms with van der Waals surface area (Å²) in [6.07, 6.45) is 6.95. The van der Waals surface area contributed by atoms with E-state index in [1.54, 1.807) is 45.1 Å². The Hall–Kier alpha value is -2.57. The SMILES string of the molecule is C\C=C/C(=C\C(O)=C\CC)c1noc(CNC(=O)OC(C)(C)C)n1. The third-order valence-corrected chi connectivity index (χ3v) is 2.57. The van der Waals surface area contributed by atoms with E-state index in [2.05, 4.69) is 15.5 Å². The number of nitrogens with one attached hydrogen (secondary N) is 1. The third-order valence-electron chi connectivity index (χ3n) is 2.57. The number of alkyl carbamates (subject to hydrolysis) is 1. The monoisotopic (exact) mass is 335 g/mol. The van der Waals surface area contributed by atoms with E-state index in [1.165, 1.54) is 0 Å². The van der Waals surface area contributed by atoms with Crippen LogP contribution in [-0.2, 0) is 11.3 Å². The van der Waals surface area contributed by atoms with Gasteiger partial charge < -0.3 is 19.7 Å². The molecule has 0 aliphatic heterocycles. The maximum absolute atomic E-state index is 11.6. The van der Waals surface area contributed by atoms with Gasteiger partial charge >= 0.3 is 6.09 Å².